The summed E-state index contributed by atoms with van der Waals surface area (Å²) in [7, 11) is 1.75. The van der Waals surface area contributed by atoms with E-state index in [1.54, 1.807) is 25.4 Å². The number of hydrogen-bond donors (Lipinski definition) is 2. The summed E-state index contributed by atoms with van der Waals surface area (Å²) in [4.78, 5) is 8.64. The first kappa shape index (κ1) is 24.4. The van der Waals surface area contributed by atoms with Crippen molar-refractivity contribution in [1.82, 2.24) is 15.6 Å². The van der Waals surface area contributed by atoms with Crippen molar-refractivity contribution in [3.05, 3.63) is 42.0 Å². The molecule has 0 fully saturated rings. The minimum atomic E-state index is -0.277. The molecule has 0 spiro atoms. The van der Waals surface area contributed by atoms with E-state index in [0.717, 1.165) is 56.2 Å². The summed E-state index contributed by atoms with van der Waals surface area (Å²) in [6, 6.07) is 6.10. The second-order valence-corrected chi connectivity index (χ2v) is 6.15. The number of aromatic nitrogens is 1. The number of aliphatic imine (C=N–C) groups is 1. The van der Waals surface area contributed by atoms with E-state index in [-0.39, 0.29) is 29.8 Å². The number of unbranched alkanes of at least 4 members (excludes halogenated alkanes) is 1. The number of ether oxygens (including phenoxy) is 1. The molecule has 8 heteroatoms. The third kappa shape index (κ3) is 9.01. The molecular weight excluding hydrogens is 474 g/mol. The van der Waals surface area contributed by atoms with Crippen molar-refractivity contribution in [2.45, 2.75) is 32.6 Å². The second-order valence-electron chi connectivity index (χ2n) is 6.15. The quantitative estimate of drug-likeness (QED) is 0.210. The van der Waals surface area contributed by atoms with Crippen LogP contribution in [0.15, 0.2) is 39.9 Å². The van der Waals surface area contributed by atoms with Gasteiger partial charge in [-0.25, -0.2) is 9.37 Å². The minimum Gasteiger partial charge on any atom is -0.444 e. The number of nitrogens with one attached hydrogen (secondary N) is 2. The van der Waals surface area contributed by atoms with Gasteiger partial charge in [-0.05, 0) is 37.1 Å². The van der Waals surface area contributed by atoms with Gasteiger partial charge in [0.15, 0.2) is 5.96 Å². The summed E-state index contributed by atoms with van der Waals surface area (Å²) in [5.41, 5.74) is 1.59. The molecule has 6 nitrogen and oxygen atoms in total. The molecule has 0 aliphatic rings. The maximum absolute atomic E-state index is 13.0. The summed E-state index contributed by atoms with van der Waals surface area (Å²) in [6.45, 7) is 5.24. The van der Waals surface area contributed by atoms with Gasteiger partial charge in [0.05, 0.1) is 5.69 Å². The van der Waals surface area contributed by atoms with Crippen molar-refractivity contribution in [2.75, 3.05) is 33.4 Å². The van der Waals surface area contributed by atoms with E-state index >= 15 is 0 Å². The Labute approximate surface area is 183 Å². The monoisotopic (exact) mass is 504 g/mol. The molecule has 0 amide bonds. The van der Waals surface area contributed by atoms with Crippen molar-refractivity contribution in [1.29, 1.82) is 0 Å². The normalized spacial score (nSPS) is 11.2. The zero-order chi connectivity index (χ0) is 19.3. The zero-order valence-electron chi connectivity index (χ0n) is 16.5. The van der Waals surface area contributed by atoms with Gasteiger partial charge in [-0.2, -0.15) is 0 Å². The maximum Gasteiger partial charge on any atom is 0.226 e. The molecule has 0 bridgehead atoms. The van der Waals surface area contributed by atoms with Gasteiger partial charge in [-0.3, -0.25) is 4.99 Å². The minimum absolute atomic E-state index is 0. The second kappa shape index (κ2) is 14.3. The SMILES string of the molecule is CCCCOCCCNC(=NC)NCCc1coc(-c2ccc(F)cc2)n1.I. The van der Waals surface area contributed by atoms with Crippen molar-refractivity contribution < 1.29 is 13.5 Å². The highest BCUT2D eigenvalue weighted by atomic mass is 127. The summed E-state index contributed by atoms with van der Waals surface area (Å²) < 4.78 is 24.0. The van der Waals surface area contributed by atoms with Crippen LogP contribution in [-0.4, -0.2) is 44.3 Å². The van der Waals surface area contributed by atoms with Gasteiger partial charge in [-0.15, -0.1) is 24.0 Å². The molecule has 2 N–H and O–H groups in total. The molecule has 0 atom stereocenters. The Morgan fingerprint density at radius 1 is 1.14 bits per heavy atom. The molecule has 1 aromatic heterocycles. The summed E-state index contributed by atoms with van der Waals surface area (Å²) >= 11 is 0. The van der Waals surface area contributed by atoms with Gasteiger partial charge in [0.25, 0.3) is 0 Å². The Balaban J connectivity index is 0.00000392. The van der Waals surface area contributed by atoms with E-state index in [9.17, 15) is 4.39 Å². The van der Waals surface area contributed by atoms with Gasteiger partial charge in [-0.1, -0.05) is 13.3 Å². The Morgan fingerprint density at radius 2 is 1.86 bits per heavy atom. The number of rotatable bonds is 11. The fraction of sp³-hybridized carbons (Fsp3) is 0.500. The first-order chi connectivity index (χ1) is 13.2. The van der Waals surface area contributed by atoms with Crippen molar-refractivity contribution in [2.24, 2.45) is 4.99 Å². The summed E-state index contributed by atoms with van der Waals surface area (Å²) in [6.07, 6.45) is 5.54. The van der Waals surface area contributed by atoms with E-state index in [1.165, 1.54) is 12.1 Å². The van der Waals surface area contributed by atoms with Crippen LogP contribution in [0.2, 0.25) is 0 Å². The Bertz CT molecular complexity index is 692. The van der Waals surface area contributed by atoms with Crippen LogP contribution in [0.4, 0.5) is 4.39 Å². The molecule has 0 aliphatic carbocycles. The smallest absolute Gasteiger partial charge is 0.226 e. The fourth-order valence-corrected chi connectivity index (χ4v) is 2.41. The molecular formula is C20H30FIN4O2. The maximum atomic E-state index is 13.0. The molecule has 2 aromatic rings. The molecule has 0 radical (unpaired) electrons. The first-order valence-electron chi connectivity index (χ1n) is 9.45. The highest BCUT2D eigenvalue weighted by Crippen LogP contribution is 2.18. The topological polar surface area (TPSA) is 71.7 Å². The number of nitrogens with zero attached hydrogens (tertiary/aromatic N) is 2. The number of guanidine groups is 1. The number of hydrogen-bond acceptors (Lipinski definition) is 4. The van der Waals surface area contributed by atoms with E-state index in [4.69, 9.17) is 9.15 Å². The third-order valence-electron chi connectivity index (χ3n) is 3.94. The van der Waals surface area contributed by atoms with Crippen LogP contribution < -0.4 is 10.6 Å². The van der Waals surface area contributed by atoms with Crippen LogP contribution in [0.1, 0.15) is 31.9 Å². The lowest BCUT2D eigenvalue weighted by Crippen LogP contribution is -2.39. The largest absolute Gasteiger partial charge is 0.444 e. The van der Waals surface area contributed by atoms with E-state index in [2.05, 4.69) is 27.5 Å². The van der Waals surface area contributed by atoms with Crippen LogP contribution in [0.3, 0.4) is 0 Å². The predicted octanol–water partition coefficient (Wildman–Crippen LogP) is 4.01. The van der Waals surface area contributed by atoms with Crippen molar-refractivity contribution in [3.63, 3.8) is 0 Å². The molecule has 2 rings (SSSR count). The van der Waals surface area contributed by atoms with Crippen LogP contribution in [-0.2, 0) is 11.2 Å². The highest BCUT2D eigenvalue weighted by Gasteiger charge is 2.07. The van der Waals surface area contributed by atoms with E-state index in [0.29, 0.717) is 18.9 Å². The standard InChI is InChI=1S/C20H29FN4O2.HI/c1-3-4-13-26-14-5-11-23-20(22-2)24-12-10-18-15-27-19(25-18)16-6-8-17(21)9-7-16;/h6-9,15H,3-5,10-14H2,1-2H3,(H2,22,23,24);1H. The third-order valence-corrected chi connectivity index (χ3v) is 3.94. The highest BCUT2D eigenvalue weighted by molar-refractivity contribution is 14.0. The Kier molecular flexibility index (Phi) is 12.5. The lowest BCUT2D eigenvalue weighted by atomic mass is 10.2. The van der Waals surface area contributed by atoms with Crippen molar-refractivity contribution in [3.8, 4) is 11.5 Å². The van der Waals surface area contributed by atoms with Gasteiger partial charge < -0.3 is 19.8 Å². The molecule has 0 unspecified atom stereocenters. The molecule has 156 valence electrons. The van der Waals surface area contributed by atoms with Crippen LogP contribution in [0.5, 0.6) is 0 Å². The number of oxazole rings is 1. The number of benzene rings is 1. The lowest BCUT2D eigenvalue weighted by Gasteiger charge is -2.11. The fourth-order valence-electron chi connectivity index (χ4n) is 2.41. The summed E-state index contributed by atoms with van der Waals surface area (Å²) in [5.74, 6) is 0.975. The van der Waals surface area contributed by atoms with Crippen molar-refractivity contribution >= 4 is 29.9 Å². The predicted molar refractivity (Wildman–Crippen MR) is 121 cm³/mol. The van der Waals surface area contributed by atoms with Gasteiger partial charge in [0.1, 0.15) is 12.1 Å². The molecule has 0 saturated carbocycles. The van der Waals surface area contributed by atoms with Crippen LogP contribution in [0.25, 0.3) is 11.5 Å². The van der Waals surface area contributed by atoms with E-state index < -0.39 is 0 Å². The van der Waals surface area contributed by atoms with Crippen LogP contribution >= 0.6 is 24.0 Å². The Hall–Kier alpha value is -1.68. The van der Waals surface area contributed by atoms with E-state index in [1.807, 2.05) is 0 Å². The van der Waals surface area contributed by atoms with Crippen LogP contribution in [0, 0.1) is 5.82 Å². The van der Waals surface area contributed by atoms with Gasteiger partial charge in [0, 0.05) is 45.3 Å². The molecule has 1 aromatic carbocycles. The molecule has 1 heterocycles. The Morgan fingerprint density at radius 3 is 2.57 bits per heavy atom. The summed E-state index contributed by atoms with van der Waals surface area (Å²) in [5, 5.41) is 6.51. The average Bonchev–Trinajstić information content (AvgIpc) is 3.15. The zero-order valence-corrected chi connectivity index (χ0v) is 18.9. The molecule has 0 saturated heterocycles. The molecule has 0 aliphatic heterocycles. The lowest BCUT2D eigenvalue weighted by molar-refractivity contribution is 0.129. The first-order valence-corrected chi connectivity index (χ1v) is 9.45. The van der Waals surface area contributed by atoms with Gasteiger partial charge >= 0.3 is 0 Å². The number of halogens is 2. The van der Waals surface area contributed by atoms with Gasteiger partial charge in [0.2, 0.25) is 5.89 Å². The molecule has 28 heavy (non-hydrogen) atoms. The average molecular weight is 504 g/mol.